The molecule has 1 N–H and O–H groups in total. The zero-order valence-electron chi connectivity index (χ0n) is 14.1. The standard InChI is InChI=1S/C20H22N2O2/c1-3-12-13-8-10-22-11-9-20(18(12)22)14-6-4-5-7-15(14)21-17(20)16(13)19(23)24-2/h3-7,13,18,21H,8-11H2,1-2H3/t13-,18?,20+/m0/s1. The fraction of sp³-hybridized carbons (Fsp3) is 0.450. The van der Waals surface area contributed by atoms with Gasteiger partial charge in [0, 0.05) is 29.9 Å². The van der Waals surface area contributed by atoms with Crippen molar-refractivity contribution in [3.63, 3.8) is 0 Å². The average Bonchev–Trinajstić information content (AvgIpc) is 3.17. The van der Waals surface area contributed by atoms with Crippen LogP contribution < -0.4 is 5.32 Å². The minimum absolute atomic E-state index is 0.112. The van der Waals surface area contributed by atoms with Crippen molar-refractivity contribution in [1.82, 2.24) is 4.90 Å². The molecule has 1 spiro atoms. The molecule has 0 aromatic heterocycles. The molecular formula is C20H22N2O2. The lowest BCUT2D eigenvalue weighted by Crippen LogP contribution is -2.54. The van der Waals surface area contributed by atoms with Crippen molar-refractivity contribution < 1.29 is 9.53 Å². The molecule has 5 rings (SSSR count). The Balaban J connectivity index is 1.86. The van der Waals surface area contributed by atoms with Gasteiger partial charge in [-0.05, 0) is 43.5 Å². The number of methoxy groups -OCH3 is 1. The molecule has 4 aliphatic rings. The van der Waals surface area contributed by atoms with Crippen LogP contribution in [0.25, 0.3) is 0 Å². The SMILES string of the molecule is CC=C1C2N3CC[C@@H]1C(C(=O)OC)=C1Nc4ccccc4[C@]12CC3. The summed E-state index contributed by atoms with van der Waals surface area (Å²) in [5.74, 6) is 0.0135. The number of nitrogens with one attached hydrogen (secondary N) is 1. The third kappa shape index (κ3) is 1.46. The average molecular weight is 322 g/mol. The maximum atomic E-state index is 12.7. The molecule has 3 atom stereocenters. The highest BCUT2D eigenvalue weighted by Gasteiger charge is 2.63. The summed E-state index contributed by atoms with van der Waals surface area (Å²) in [7, 11) is 1.50. The number of carbonyl (C=O) groups is 1. The molecule has 4 heteroatoms. The predicted octanol–water partition coefficient (Wildman–Crippen LogP) is 2.83. The van der Waals surface area contributed by atoms with Gasteiger partial charge in [0.15, 0.2) is 0 Å². The summed E-state index contributed by atoms with van der Waals surface area (Å²) in [5.41, 5.74) is 5.76. The second-order valence-electron chi connectivity index (χ2n) is 7.24. The topological polar surface area (TPSA) is 41.6 Å². The molecule has 4 nitrogen and oxygen atoms in total. The number of anilines is 1. The molecule has 24 heavy (non-hydrogen) atoms. The largest absolute Gasteiger partial charge is 0.466 e. The van der Waals surface area contributed by atoms with E-state index < -0.39 is 0 Å². The van der Waals surface area contributed by atoms with E-state index in [-0.39, 0.29) is 17.3 Å². The Morgan fingerprint density at radius 1 is 1.38 bits per heavy atom. The smallest absolute Gasteiger partial charge is 0.336 e. The van der Waals surface area contributed by atoms with Crippen molar-refractivity contribution in [2.45, 2.75) is 31.2 Å². The van der Waals surface area contributed by atoms with Gasteiger partial charge in [0.2, 0.25) is 0 Å². The Morgan fingerprint density at radius 3 is 3.00 bits per heavy atom. The third-order valence-corrected chi connectivity index (χ3v) is 6.52. The van der Waals surface area contributed by atoms with Gasteiger partial charge in [0.25, 0.3) is 0 Å². The molecule has 2 fully saturated rings. The number of hydrogen-bond donors (Lipinski definition) is 1. The van der Waals surface area contributed by atoms with Gasteiger partial charge in [-0.25, -0.2) is 4.79 Å². The number of esters is 1. The van der Waals surface area contributed by atoms with Gasteiger partial charge < -0.3 is 10.1 Å². The van der Waals surface area contributed by atoms with E-state index in [1.807, 2.05) is 0 Å². The van der Waals surface area contributed by atoms with E-state index in [4.69, 9.17) is 4.74 Å². The summed E-state index contributed by atoms with van der Waals surface area (Å²) in [6.07, 6.45) is 4.30. The highest BCUT2D eigenvalue weighted by Crippen LogP contribution is 2.61. The number of ether oxygens (including phenoxy) is 1. The molecule has 1 aromatic carbocycles. The molecule has 124 valence electrons. The quantitative estimate of drug-likeness (QED) is 0.638. The first-order chi connectivity index (χ1) is 11.7. The lowest BCUT2D eigenvalue weighted by atomic mass is 9.60. The van der Waals surface area contributed by atoms with Crippen LogP contribution in [0.15, 0.2) is 47.2 Å². The van der Waals surface area contributed by atoms with Crippen LogP contribution in [0.5, 0.6) is 0 Å². The van der Waals surface area contributed by atoms with Crippen molar-refractivity contribution in [3.05, 3.63) is 52.7 Å². The van der Waals surface area contributed by atoms with Crippen LogP contribution in [-0.2, 0) is 14.9 Å². The second-order valence-corrected chi connectivity index (χ2v) is 7.24. The molecule has 1 aliphatic carbocycles. The molecular weight excluding hydrogens is 300 g/mol. The molecule has 0 amide bonds. The van der Waals surface area contributed by atoms with Gasteiger partial charge in [0.1, 0.15) is 0 Å². The van der Waals surface area contributed by atoms with Crippen molar-refractivity contribution in [2.24, 2.45) is 5.92 Å². The number of piperidine rings is 1. The maximum absolute atomic E-state index is 12.7. The number of benzene rings is 1. The van der Waals surface area contributed by atoms with Crippen LogP contribution in [-0.4, -0.2) is 37.1 Å². The Bertz CT molecular complexity index is 810. The monoisotopic (exact) mass is 322 g/mol. The van der Waals surface area contributed by atoms with Crippen LogP contribution >= 0.6 is 0 Å². The zero-order chi connectivity index (χ0) is 16.5. The third-order valence-electron chi connectivity index (χ3n) is 6.52. The molecule has 3 heterocycles. The summed E-state index contributed by atoms with van der Waals surface area (Å²) in [6, 6.07) is 8.92. The fourth-order valence-electron chi connectivity index (χ4n) is 5.70. The van der Waals surface area contributed by atoms with Gasteiger partial charge in [0.05, 0.1) is 18.1 Å². The molecule has 1 aromatic rings. The van der Waals surface area contributed by atoms with Gasteiger partial charge in [-0.1, -0.05) is 24.3 Å². The normalized spacial score (nSPS) is 34.8. The van der Waals surface area contributed by atoms with Crippen molar-refractivity contribution in [3.8, 4) is 0 Å². The minimum Gasteiger partial charge on any atom is -0.466 e. The maximum Gasteiger partial charge on any atom is 0.336 e. The lowest BCUT2D eigenvalue weighted by molar-refractivity contribution is -0.137. The van der Waals surface area contributed by atoms with Crippen molar-refractivity contribution in [1.29, 1.82) is 0 Å². The molecule has 2 saturated heterocycles. The van der Waals surface area contributed by atoms with Crippen LogP contribution in [0.3, 0.4) is 0 Å². The van der Waals surface area contributed by atoms with Crippen molar-refractivity contribution >= 4 is 11.7 Å². The number of nitrogens with zero attached hydrogens (tertiary/aromatic N) is 1. The fourth-order valence-corrected chi connectivity index (χ4v) is 5.70. The highest BCUT2D eigenvalue weighted by atomic mass is 16.5. The summed E-state index contributed by atoms with van der Waals surface area (Å²) >= 11 is 0. The summed E-state index contributed by atoms with van der Waals surface area (Å²) in [6.45, 7) is 4.26. The Labute approximate surface area is 142 Å². The predicted molar refractivity (Wildman–Crippen MR) is 92.6 cm³/mol. The number of hydrogen-bond acceptors (Lipinski definition) is 4. The van der Waals surface area contributed by atoms with Crippen LogP contribution in [0.4, 0.5) is 5.69 Å². The number of fused-ring (bicyclic) bond motifs is 2. The highest BCUT2D eigenvalue weighted by molar-refractivity contribution is 5.94. The molecule has 1 unspecified atom stereocenters. The van der Waals surface area contributed by atoms with Crippen LogP contribution in [0.1, 0.15) is 25.3 Å². The summed E-state index contributed by atoms with van der Waals surface area (Å²) in [5, 5.41) is 3.62. The van der Waals surface area contributed by atoms with E-state index in [9.17, 15) is 4.79 Å². The van der Waals surface area contributed by atoms with E-state index in [1.165, 1.54) is 18.2 Å². The lowest BCUT2D eigenvalue weighted by Gasteiger charge is -2.49. The zero-order valence-corrected chi connectivity index (χ0v) is 14.1. The molecule has 0 radical (unpaired) electrons. The van der Waals surface area contributed by atoms with Gasteiger partial charge >= 0.3 is 5.97 Å². The first-order valence-electron chi connectivity index (χ1n) is 8.82. The number of rotatable bonds is 1. The van der Waals surface area contributed by atoms with E-state index in [2.05, 4.69) is 47.5 Å². The summed E-state index contributed by atoms with van der Waals surface area (Å²) < 4.78 is 5.21. The number of carbonyl (C=O) groups excluding carboxylic acids is 1. The Hall–Kier alpha value is -2.07. The van der Waals surface area contributed by atoms with Crippen LogP contribution in [0.2, 0.25) is 0 Å². The first-order valence-corrected chi connectivity index (χ1v) is 8.82. The minimum atomic E-state index is -0.173. The summed E-state index contributed by atoms with van der Waals surface area (Å²) in [4.78, 5) is 15.3. The first kappa shape index (κ1) is 14.3. The van der Waals surface area contributed by atoms with Gasteiger partial charge in [-0.3, -0.25) is 4.90 Å². The van der Waals surface area contributed by atoms with E-state index in [0.29, 0.717) is 6.04 Å². The second kappa shape index (κ2) is 4.73. The molecule has 0 saturated carbocycles. The van der Waals surface area contributed by atoms with E-state index >= 15 is 0 Å². The Kier molecular flexibility index (Phi) is 2.82. The van der Waals surface area contributed by atoms with E-state index in [1.54, 1.807) is 0 Å². The van der Waals surface area contributed by atoms with Crippen LogP contribution in [0, 0.1) is 5.92 Å². The number of para-hydroxylation sites is 1. The van der Waals surface area contributed by atoms with Gasteiger partial charge in [-0.2, -0.15) is 0 Å². The molecule has 3 aliphatic heterocycles. The van der Waals surface area contributed by atoms with E-state index in [0.717, 1.165) is 42.9 Å². The number of allylic oxidation sites excluding steroid dienone is 1. The molecule has 2 bridgehead atoms. The Morgan fingerprint density at radius 2 is 2.21 bits per heavy atom. The van der Waals surface area contributed by atoms with Crippen molar-refractivity contribution in [2.75, 3.05) is 25.5 Å². The van der Waals surface area contributed by atoms with Gasteiger partial charge in [-0.15, -0.1) is 0 Å².